The SMILES string of the molecule is CC1CC2C(=O)OCC(NC=O)C(=O)N3CCCC3C(=O)N3CCCCC3C(=O)NC(C)C(=O)N2C1. The molecule has 5 amide bonds. The third kappa shape index (κ3) is 5.03. The molecule has 0 aromatic rings. The van der Waals surface area contributed by atoms with Gasteiger partial charge in [0.15, 0.2) is 0 Å². The van der Waals surface area contributed by atoms with Crippen LogP contribution in [0, 0.1) is 5.92 Å². The number of esters is 1. The first-order valence-electron chi connectivity index (χ1n) is 12.8. The maximum atomic E-state index is 13.6. The van der Waals surface area contributed by atoms with E-state index in [1.54, 1.807) is 6.92 Å². The third-order valence-electron chi connectivity index (χ3n) is 7.66. The van der Waals surface area contributed by atoms with E-state index in [4.69, 9.17) is 4.74 Å². The topological polar surface area (TPSA) is 145 Å². The highest BCUT2D eigenvalue weighted by Crippen LogP contribution is 2.27. The fourth-order valence-corrected chi connectivity index (χ4v) is 5.81. The summed E-state index contributed by atoms with van der Waals surface area (Å²) in [6.07, 6.45) is 3.76. The number of piperidine rings is 1. The minimum atomic E-state index is -1.16. The van der Waals surface area contributed by atoms with Crippen molar-refractivity contribution in [3.05, 3.63) is 0 Å². The lowest BCUT2D eigenvalue weighted by Crippen LogP contribution is -2.61. The Kier molecular flexibility index (Phi) is 7.79. The van der Waals surface area contributed by atoms with Gasteiger partial charge in [-0.15, -0.1) is 0 Å². The van der Waals surface area contributed by atoms with Crippen LogP contribution >= 0.6 is 0 Å². The zero-order chi connectivity index (χ0) is 26.0. The number of rotatable bonds is 2. The summed E-state index contributed by atoms with van der Waals surface area (Å²) >= 11 is 0. The van der Waals surface area contributed by atoms with Crippen molar-refractivity contribution >= 4 is 36.0 Å². The smallest absolute Gasteiger partial charge is 0.328 e. The van der Waals surface area contributed by atoms with E-state index in [0.717, 1.165) is 12.8 Å². The number of cyclic esters (lactones) is 1. The molecule has 6 atom stereocenters. The molecule has 6 unspecified atom stereocenters. The number of fused-ring (bicyclic) bond motifs is 3. The van der Waals surface area contributed by atoms with Gasteiger partial charge >= 0.3 is 5.97 Å². The van der Waals surface area contributed by atoms with Gasteiger partial charge in [0.2, 0.25) is 30.0 Å². The monoisotopic (exact) mass is 505 g/mol. The number of hydrogen-bond acceptors (Lipinski definition) is 7. The Hall–Kier alpha value is -3.18. The lowest BCUT2D eigenvalue weighted by Gasteiger charge is -2.39. The summed E-state index contributed by atoms with van der Waals surface area (Å²) < 4.78 is 5.42. The van der Waals surface area contributed by atoms with E-state index in [0.29, 0.717) is 51.7 Å². The molecule has 36 heavy (non-hydrogen) atoms. The van der Waals surface area contributed by atoms with Crippen molar-refractivity contribution in [3.8, 4) is 0 Å². The Morgan fingerprint density at radius 3 is 2.31 bits per heavy atom. The van der Waals surface area contributed by atoms with Crippen molar-refractivity contribution in [2.45, 2.75) is 82.6 Å². The lowest BCUT2D eigenvalue weighted by molar-refractivity contribution is -0.158. The van der Waals surface area contributed by atoms with Gasteiger partial charge in [-0.3, -0.25) is 24.0 Å². The predicted octanol–water partition coefficient (Wildman–Crippen LogP) is -1.23. The van der Waals surface area contributed by atoms with Gasteiger partial charge < -0.3 is 30.1 Å². The average Bonchev–Trinajstić information content (AvgIpc) is 3.51. The standard InChI is InChI=1S/C24H35N5O7/c1-14-10-19-24(35)36-12-16(25-13-30)22(33)28-9-5-7-18(28)23(34)27-8-4-3-6-17(27)20(31)26-15(2)21(32)29(19)11-14/h13-19H,3-12H2,1-2H3,(H,25,30)(H,26,31). The second-order valence-electron chi connectivity index (χ2n) is 10.3. The molecule has 12 heteroatoms. The minimum Gasteiger partial charge on any atom is -0.461 e. The van der Waals surface area contributed by atoms with Crippen LogP contribution in [0.4, 0.5) is 0 Å². The van der Waals surface area contributed by atoms with Gasteiger partial charge in [-0.05, 0) is 51.4 Å². The summed E-state index contributed by atoms with van der Waals surface area (Å²) in [5.74, 6) is -2.29. The number of amides is 5. The molecule has 4 heterocycles. The van der Waals surface area contributed by atoms with Crippen LogP contribution < -0.4 is 10.6 Å². The highest BCUT2D eigenvalue weighted by molar-refractivity contribution is 5.96. The van der Waals surface area contributed by atoms with E-state index in [1.807, 2.05) is 6.92 Å². The van der Waals surface area contributed by atoms with Gasteiger partial charge in [-0.25, -0.2) is 4.79 Å². The lowest BCUT2D eigenvalue weighted by atomic mass is 9.99. The van der Waals surface area contributed by atoms with Gasteiger partial charge in [-0.2, -0.15) is 0 Å². The maximum Gasteiger partial charge on any atom is 0.328 e. The molecule has 2 N–H and O–H groups in total. The first-order chi connectivity index (χ1) is 17.2. The molecule has 0 spiro atoms. The van der Waals surface area contributed by atoms with Crippen molar-refractivity contribution in [1.29, 1.82) is 0 Å². The predicted molar refractivity (Wildman–Crippen MR) is 125 cm³/mol. The normalized spacial score (nSPS) is 34.5. The van der Waals surface area contributed by atoms with Crippen LogP contribution in [0.2, 0.25) is 0 Å². The quantitative estimate of drug-likeness (QED) is 0.353. The highest BCUT2D eigenvalue weighted by Gasteiger charge is 2.45. The summed E-state index contributed by atoms with van der Waals surface area (Å²) in [6, 6.07) is -4.40. The number of ether oxygens (including phenoxy) is 1. The minimum absolute atomic E-state index is 0.0406. The van der Waals surface area contributed by atoms with Crippen LogP contribution in [0.3, 0.4) is 0 Å². The molecule has 4 aliphatic heterocycles. The zero-order valence-corrected chi connectivity index (χ0v) is 20.8. The molecule has 4 aliphatic rings. The van der Waals surface area contributed by atoms with Crippen molar-refractivity contribution in [1.82, 2.24) is 25.3 Å². The Bertz CT molecular complexity index is 927. The van der Waals surface area contributed by atoms with Crippen LogP contribution in [0.5, 0.6) is 0 Å². The zero-order valence-electron chi connectivity index (χ0n) is 20.8. The molecule has 4 fully saturated rings. The molecular weight excluding hydrogens is 470 g/mol. The van der Waals surface area contributed by atoms with Gasteiger partial charge in [0.1, 0.15) is 36.8 Å². The number of carbonyl (C=O) groups is 6. The molecule has 4 saturated heterocycles. The van der Waals surface area contributed by atoms with Gasteiger partial charge in [-0.1, -0.05) is 6.92 Å². The van der Waals surface area contributed by atoms with Crippen LogP contribution in [-0.4, -0.2) is 107 Å². The van der Waals surface area contributed by atoms with E-state index < -0.39 is 60.5 Å². The van der Waals surface area contributed by atoms with Crippen LogP contribution in [0.25, 0.3) is 0 Å². The molecule has 0 bridgehead atoms. The van der Waals surface area contributed by atoms with Crippen molar-refractivity contribution in [2.24, 2.45) is 5.92 Å². The van der Waals surface area contributed by atoms with E-state index in [1.165, 1.54) is 14.7 Å². The largest absolute Gasteiger partial charge is 0.461 e. The Balaban J connectivity index is 1.67. The summed E-state index contributed by atoms with van der Waals surface area (Å²) in [5.41, 5.74) is 0. The van der Waals surface area contributed by atoms with Gasteiger partial charge in [0.25, 0.3) is 0 Å². The Morgan fingerprint density at radius 1 is 0.861 bits per heavy atom. The maximum absolute atomic E-state index is 13.6. The molecule has 0 aliphatic carbocycles. The molecule has 0 radical (unpaired) electrons. The molecule has 0 saturated carbocycles. The number of hydrogen-bond donors (Lipinski definition) is 2. The Morgan fingerprint density at radius 2 is 1.56 bits per heavy atom. The molecular formula is C24H35N5O7. The van der Waals surface area contributed by atoms with E-state index in [9.17, 15) is 28.8 Å². The van der Waals surface area contributed by atoms with E-state index >= 15 is 0 Å². The first kappa shape index (κ1) is 25.9. The summed E-state index contributed by atoms with van der Waals surface area (Å²) in [6.45, 7) is 4.13. The van der Waals surface area contributed by atoms with Crippen molar-refractivity contribution < 1.29 is 33.5 Å². The van der Waals surface area contributed by atoms with Gasteiger partial charge in [0.05, 0.1) is 0 Å². The molecule has 198 valence electrons. The number of carbonyl (C=O) groups excluding carboxylic acids is 6. The number of nitrogens with zero attached hydrogens (tertiary/aromatic N) is 3. The summed E-state index contributed by atoms with van der Waals surface area (Å²) in [4.78, 5) is 82.0. The van der Waals surface area contributed by atoms with Crippen LogP contribution in [0.1, 0.15) is 52.4 Å². The van der Waals surface area contributed by atoms with Crippen molar-refractivity contribution in [3.63, 3.8) is 0 Å². The Labute approximate surface area is 210 Å². The van der Waals surface area contributed by atoms with E-state index in [2.05, 4.69) is 10.6 Å². The highest BCUT2D eigenvalue weighted by atomic mass is 16.5. The third-order valence-corrected chi connectivity index (χ3v) is 7.66. The second-order valence-corrected chi connectivity index (χ2v) is 10.3. The molecule has 0 aromatic heterocycles. The number of nitrogens with one attached hydrogen (secondary N) is 2. The summed E-state index contributed by atoms with van der Waals surface area (Å²) in [5, 5.41) is 5.17. The van der Waals surface area contributed by atoms with Crippen molar-refractivity contribution in [2.75, 3.05) is 26.2 Å². The molecule has 0 aromatic carbocycles. The fourth-order valence-electron chi connectivity index (χ4n) is 5.81. The summed E-state index contributed by atoms with van der Waals surface area (Å²) in [7, 11) is 0. The molecule has 4 rings (SSSR count). The van der Waals surface area contributed by atoms with Crippen LogP contribution in [0.15, 0.2) is 0 Å². The van der Waals surface area contributed by atoms with Crippen LogP contribution in [-0.2, 0) is 33.5 Å². The second kappa shape index (κ2) is 10.8. The fraction of sp³-hybridized carbons (Fsp3) is 0.750. The first-order valence-corrected chi connectivity index (χ1v) is 12.8. The molecule has 12 nitrogen and oxygen atoms in total. The van der Waals surface area contributed by atoms with Gasteiger partial charge in [0, 0.05) is 19.6 Å². The van der Waals surface area contributed by atoms with E-state index in [-0.39, 0.29) is 11.8 Å². The average molecular weight is 506 g/mol.